The summed E-state index contributed by atoms with van der Waals surface area (Å²) in [5.41, 5.74) is 10.2. The molecule has 0 radical (unpaired) electrons. The lowest BCUT2D eigenvalue weighted by molar-refractivity contribution is 0.243. The molecule has 6 nitrogen and oxygen atoms in total. The number of anilines is 1. The van der Waals surface area contributed by atoms with Gasteiger partial charge in [-0.2, -0.15) is 0 Å². The smallest absolute Gasteiger partial charge is 0.206 e. The van der Waals surface area contributed by atoms with Gasteiger partial charge >= 0.3 is 0 Å². The van der Waals surface area contributed by atoms with E-state index in [2.05, 4.69) is 14.4 Å². The van der Waals surface area contributed by atoms with Crippen LogP contribution in [0.15, 0.2) is 36.5 Å². The van der Waals surface area contributed by atoms with E-state index in [1.165, 1.54) is 0 Å². The molecule has 0 saturated carbocycles. The van der Waals surface area contributed by atoms with E-state index >= 15 is 0 Å². The number of rotatable bonds is 3. The number of piperidine rings is 1. The molecule has 2 atom stereocenters. The number of aromatic nitrogens is 3. The summed E-state index contributed by atoms with van der Waals surface area (Å²) in [6, 6.07) is 9.01. The van der Waals surface area contributed by atoms with Crippen LogP contribution in [-0.2, 0) is 6.54 Å². The summed E-state index contributed by atoms with van der Waals surface area (Å²) in [7, 11) is 0. The number of alkyl halides is 1. The zero-order chi connectivity index (χ0) is 19.0. The zero-order valence-electron chi connectivity index (χ0n) is 15.1. The topological polar surface area (TPSA) is 64.3 Å². The lowest BCUT2D eigenvalue weighted by Crippen LogP contribution is -2.50. The molecule has 1 aliphatic heterocycles. The van der Waals surface area contributed by atoms with E-state index in [0.29, 0.717) is 31.7 Å². The molecule has 3 aromatic rings. The van der Waals surface area contributed by atoms with Crippen molar-refractivity contribution in [1.82, 2.24) is 14.5 Å². The number of pyridine rings is 1. The van der Waals surface area contributed by atoms with Crippen molar-refractivity contribution in [2.45, 2.75) is 32.1 Å². The Labute approximate surface area is 157 Å². The van der Waals surface area contributed by atoms with Crippen molar-refractivity contribution in [2.75, 3.05) is 18.0 Å². The minimum atomic E-state index is -0.978. The Kier molecular flexibility index (Phi) is 4.50. The second-order valence-electron chi connectivity index (χ2n) is 7.01. The van der Waals surface area contributed by atoms with E-state index in [1.54, 1.807) is 12.1 Å². The summed E-state index contributed by atoms with van der Waals surface area (Å²) in [5, 5.41) is 0. The van der Waals surface area contributed by atoms with Gasteiger partial charge in [-0.3, -0.25) is 4.98 Å². The van der Waals surface area contributed by atoms with Gasteiger partial charge in [-0.25, -0.2) is 14.2 Å². The van der Waals surface area contributed by atoms with Gasteiger partial charge in [-0.1, -0.05) is 12.1 Å². The van der Waals surface area contributed by atoms with Gasteiger partial charge in [0.1, 0.15) is 6.17 Å². The molecule has 138 valence electrons. The summed E-state index contributed by atoms with van der Waals surface area (Å²) in [5.74, 6) is 0.759. The summed E-state index contributed by atoms with van der Waals surface area (Å²) < 4.78 is 15.9. The number of fused-ring (bicyclic) bond motifs is 1. The number of halogens is 1. The second kappa shape index (κ2) is 6.97. The van der Waals surface area contributed by atoms with Crippen molar-refractivity contribution >= 4 is 22.7 Å². The highest BCUT2D eigenvalue weighted by Gasteiger charge is 2.29. The summed E-state index contributed by atoms with van der Waals surface area (Å²) in [4.78, 5) is 14.7. The van der Waals surface area contributed by atoms with Crippen molar-refractivity contribution in [3.63, 3.8) is 0 Å². The minimum absolute atomic E-state index is 0.393. The summed E-state index contributed by atoms with van der Waals surface area (Å²) in [6.07, 6.45) is 1.27. The monoisotopic (exact) mass is 364 g/mol. The molecule has 0 aliphatic carbocycles. The number of nitrogens with zero attached hydrogens (tertiary/aromatic N) is 5. The fourth-order valence-electron chi connectivity index (χ4n) is 3.48. The molecule has 2 N–H and O–H groups in total. The van der Waals surface area contributed by atoms with Crippen LogP contribution < -0.4 is 10.6 Å². The summed E-state index contributed by atoms with van der Waals surface area (Å²) in [6.45, 7) is 10.8. The van der Waals surface area contributed by atoms with Crippen molar-refractivity contribution in [3.8, 4) is 0 Å². The molecule has 0 amide bonds. The van der Waals surface area contributed by atoms with Crippen LogP contribution in [0.2, 0.25) is 0 Å². The molecule has 1 aliphatic rings. The molecule has 1 fully saturated rings. The third kappa shape index (κ3) is 3.36. The third-order valence-electron chi connectivity index (χ3n) is 5.01. The fraction of sp³-hybridized carbons (Fsp3) is 0.350. The zero-order valence-corrected chi connectivity index (χ0v) is 15.1. The Bertz CT molecular complexity index is 1000. The van der Waals surface area contributed by atoms with Gasteiger partial charge in [0.2, 0.25) is 5.95 Å². The highest BCUT2D eigenvalue weighted by Crippen LogP contribution is 2.29. The molecule has 2 aromatic heterocycles. The van der Waals surface area contributed by atoms with Crippen LogP contribution in [0.4, 0.5) is 16.0 Å². The molecule has 1 saturated heterocycles. The highest BCUT2D eigenvalue weighted by molar-refractivity contribution is 5.83. The number of benzene rings is 1. The second-order valence-corrected chi connectivity index (χ2v) is 7.01. The standard InChI is InChI=1S/C20H21FN6/c1-13-3-4-14(10-24-13)11-27-19-6-5-15(23-2)9-18(19)25-20(27)26-8-7-16(21)17(22)12-26/h3-6,9-10,16-17H,7-8,11-12,22H2,1H3/t16-,17?/m1/s1. The van der Waals surface area contributed by atoms with E-state index in [0.717, 1.165) is 28.2 Å². The van der Waals surface area contributed by atoms with E-state index in [9.17, 15) is 4.39 Å². The van der Waals surface area contributed by atoms with Crippen LogP contribution >= 0.6 is 0 Å². The number of aryl methyl sites for hydroxylation is 1. The van der Waals surface area contributed by atoms with Crippen molar-refractivity contribution in [3.05, 3.63) is 59.2 Å². The van der Waals surface area contributed by atoms with Gasteiger partial charge in [0.15, 0.2) is 5.69 Å². The van der Waals surface area contributed by atoms with Gasteiger partial charge in [-0.05, 0) is 37.1 Å². The van der Waals surface area contributed by atoms with Crippen LogP contribution in [0.3, 0.4) is 0 Å². The quantitative estimate of drug-likeness (QED) is 0.725. The van der Waals surface area contributed by atoms with Crippen LogP contribution in [0.1, 0.15) is 17.7 Å². The molecule has 3 heterocycles. The van der Waals surface area contributed by atoms with Gasteiger partial charge in [0, 0.05) is 25.0 Å². The molecule has 1 aromatic carbocycles. The maximum absolute atomic E-state index is 13.8. The first-order valence-corrected chi connectivity index (χ1v) is 8.99. The van der Waals surface area contributed by atoms with Crippen LogP contribution in [-0.4, -0.2) is 39.8 Å². The van der Waals surface area contributed by atoms with E-state index in [4.69, 9.17) is 17.3 Å². The molecule has 0 bridgehead atoms. The number of nitrogens with two attached hydrogens (primary N) is 1. The predicted octanol–water partition coefficient (Wildman–Crippen LogP) is 3.21. The van der Waals surface area contributed by atoms with E-state index in [1.807, 2.05) is 36.2 Å². The average molecular weight is 364 g/mol. The van der Waals surface area contributed by atoms with Crippen LogP contribution in [0, 0.1) is 13.5 Å². The Balaban J connectivity index is 1.78. The van der Waals surface area contributed by atoms with E-state index in [-0.39, 0.29) is 0 Å². The largest absolute Gasteiger partial charge is 0.340 e. The fourth-order valence-corrected chi connectivity index (χ4v) is 3.48. The average Bonchev–Trinajstić information content (AvgIpc) is 3.03. The van der Waals surface area contributed by atoms with Crippen molar-refractivity contribution < 1.29 is 4.39 Å². The molecular formula is C20H21FN6. The summed E-state index contributed by atoms with van der Waals surface area (Å²) >= 11 is 0. The molecule has 4 rings (SSSR count). The van der Waals surface area contributed by atoms with Gasteiger partial charge in [0.25, 0.3) is 0 Å². The maximum Gasteiger partial charge on any atom is 0.206 e. The first-order valence-electron chi connectivity index (χ1n) is 8.99. The van der Waals surface area contributed by atoms with Crippen LogP contribution in [0.5, 0.6) is 0 Å². The third-order valence-corrected chi connectivity index (χ3v) is 5.01. The first kappa shape index (κ1) is 17.4. The SMILES string of the molecule is [C-]#[N+]c1ccc2c(c1)nc(N1CC[C@@H](F)C(N)C1)n2Cc1ccc(C)nc1. The number of hydrogen-bond acceptors (Lipinski definition) is 4. The van der Waals surface area contributed by atoms with Gasteiger partial charge < -0.3 is 15.2 Å². The van der Waals surface area contributed by atoms with E-state index < -0.39 is 12.2 Å². The number of hydrogen-bond donors (Lipinski definition) is 1. The van der Waals surface area contributed by atoms with Crippen molar-refractivity contribution in [2.24, 2.45) is 5.73 Å². The van der Waals surface area contributed by atoms with Crippen LogP contribution in [0.25, 0.3) is 15.9 Å². The molecule has 0 spiro atoms. The van der Waals surface area contributed by atoms with Crippen molar-refractivity contribution in [1.29, 1.82) is 0 Å². The predicted molar refractivity (Wildman–Crippen MR) is 104 cm³/mol. The lowest BCUT2D eigenvalue weighted by Gasteiger charge is -2.34. The number of imidazole rings is 1. The Morgan fingerprint density at radius 2 is 2.19 bits per heavy atom. The molecule has 1 unspecified atom stereocenters. The molecule has 27 heavy (non-hydrogen) atoms. The van der Waals surface area contributed by atoms with Gasteiger partial charge in [-0.15, -0.1) is 0 Å². The lowest BCUT2D eigenvalue weighted by atomic mass is 10.1. The Morgan fingerprint density at radius 1 is 1.33 bits per heavy atom. The Morgan fingerprint density at radius 3 is 2.89 bits per heavy atom. The highest BCUT2D eigenvalue weighted by atomic mass is 19.1. The Hall–Kier alpha value is -2.98. The molecule has 7 heteroatoms. The minimum Gasteiger partial charge on any atom is -0.340 e. The maximum atomic E-state index is 13.8. The normalized spacial score (nSPS) is 20.0. The first-order chi connectivity index (χ1) is 13.0. The molecular weight excluding hydrogens is 343 g/mol. The van der Waals surface area contributed by atoms with Gasteiger partial charge in [0.05, 0.1) is 30.2 Å².